The fraction of sp³-hybridized carbons (Fsp3) is 0.125. The van der Waals surface area contributed by atoms with E-state index in [1.165, 1.54) is 24.3 Å². The Hall–Kier alpha value is -2.01. The third-order valence-corrected chi connectivity index (χ3v) is 5.17. The van der Waals surface area contributed by atoms with Gasteiger partial charge in [-0.05, 0) is 24.3 Å². The monoisotopic (exact) mass is 435 g/mol. The average molecular weight is 435 g/mol. The van der Waals surface area contributed by atoms with Gasteiger partial charge in [0.2, 0.25) is 0 Å². The maximum atomic E-state index is 12.6. The van der Waals surface area contributed by atoms with Gasteiger partial charge in [-0.15, -0.1) is 0 Å². The topological polar surface area (TPSA) is 118 Å². The minimum atomic E-state index is -1.16. The molecule has 2 aliphatic rings. The van der Waals surface area contributed by atoms with Gasteiger partial charge in [-0.3, -0.25) is 25.0 Å². The second-order valence-electron chi connectivity index (χ2n) is 5.67. The lowest BCUT2D eigenvalue weighted by Gasteiger charge is -2.27. The zero-order valence-corrected chi connectivity index (χ0v) is 14.2. The molecule has 2 aliphatic carbocycles. The van der Waals surface area contributed by atoms with Crippen molar-refractivity contribution in [3.8, 4) is 0 Å². The lowest BCUT2D eigenvalue weighted by Crippen LogP contribution is -2.49. The molecule has 0 aromatic heterocycles. The number of nitrogens with two attached hydrogens (primary N) is 1. The highest BCUT2D eigenvalue weighted by atomic mass is 127. The molecule has 7 nitrogen and oxygen atoms in total. The normalized spacial score (nSPS) is 17.9. The molecule has 2 aromatic rings. The summed E-state index contributed by atoms with van der Waals surface area (Å²) >= 11 is 1.77. The maximum Gasteiger partial charge on any atom is 0.189 e. The Morgan fingerprint density at radius 2 is 1.04 bits per heavy atom. The summed E-state index contributed by atoms with van der Waals surface area (Å²) in [6, 6.07) is 3.97. The van der Waals surface area contributed by atoms with Gasteiger partial charge >= 0.3 is 0 Å². The van der Waals surface area contributed by atoms with E-state index in [0.717, 1.165) is 0 Å². The van der Waals surface area contributed by atoms with Crippen molar-refractivity contribution < 1.29 is 19.2 Å². The molecule has 0 saturated carbocycles. The van der Waals surface area contributed by atoms with Gasteiger partial charge in [-0.2, -0.15) is 0 Å². The number of Topliss-reactive ketones (excluding diaryl/α,β-unsaturated/α-hetero) is 4. The van der Waals surface area contributed by atoms with Gasteiger partial charge in [-0.1, -0.05) is 0 Å². The molecular weight excluding hydrogens is 425 g/mol. The third kappa shape index (κ3) is 1.76. The highest BCUT2D eigenvalue weighted by Gasteiger charge is 2.41. The van der Waals surface area contributed by atoms with E-state index in [1.54, 1.807) is 22.9 Å². The average Bonchev–Trinajstić information content (AvgIpc) is 2.58. The van der Waals surface area contributed by atoms with Gasteiger partial charge in [0, 0.05) is 55.9 Å². The van der Waals surface area contributed by atoms with Crippen molar-refractivity contribution in [3.63, 3.8) is 0 Å². The quantitative estimate of drug-likeness (QED) is 0.209. The summed E-state index contributed by atoms with van der Waals surface area (Å²) in [6.45, 7) is 0. The molecule has 0 unspecified atom stereocenters. The number of hydrogen-bond donors (Lipinski definition) is 3. The van der Waals surface area contributed by atoms with Gasteiger partial charge in [0.1, 0.15) is 12.1 Å². The fourth-order valence-corrected chi connectivity index (χ4v) is 3.99. The fourth-order valence-electron chi connectivity index (χ4n) is 3.43. The standard InChI is InChI=1S/C16H10IN3O4/c17-19-11-13(21)5-1-3-7-10-8(16(24)12(20-18)15(7)23)4-2-6(9(5)10)14(11)22/h1-4,11-12,19-20H,18H2. The molecule has 0 heterocycles. The molecule has 0 spiro atoms. The van der Waals surface area contributed by atoms with E-state index in [9.17, 15) is 19.2 Å². The van der Waals surface area contributed by atoms with Crippen molar-refractivity contribution in [1.82, 2.24) is 8.96 Å². The SMILES string of the molecule is NNC1C(=O)c2ccc3c4c(ccc(c24)C1=O)C(=O)C(NI)C3=O. The molecule has 0 saturated heterocycles. The molecule has 0 fully saturated rings. The largest absolute Gasteiger partial charge is 0.292 e. The Labute approximate surface area is 149 Å². The molecule has 24 heavy (non-hydrogen) atoms. The molecule has 4 N–H and O–H groups in total. The third-order valence-electron chi connectivity index (χ3n) is 4.55. The Balaban J connectivity index is 2.14. The van der Waals surface area contributed by atoms with E-state index < -0.39 is 23.7 Å². The molecule has 0 radical (unpaired) electrons. The molecule has 4 rings (SSSR count). The Kier molecular flexibility index (Phi) is 3.39. The van der Waals surface area contributed by atoms with Gasteiger partial charge in [-0.25, -0.2) is 8.96 Å². The molecule has 0 aliphatic heterocycles. The lowest BCUT2D eigenvalue weighted by molar-refractivity contribution is 0.0822. The first-order chi connectivity index (χ1) is 11.5. The van der Waals surface area contributed by atoms with E-state index in [2.05, 4.69) is 8.96 Å². The number of halogens is 1. The molecule has 8 heteroatoms. The number of benzene rings is 2. The molecule has 120 valence electrons. The number of carbonyl (C=O) groups is 4. The number of rotatable bonds is 2. The van der Waals surface area contributed by atoms with Crippen LogP contribution in [0.3, 0.4) is 0 Å². The van der Waals surface area contributed by atoms with Crippen LogP contribution in [0.4, 0.5) is 0 Å². The van der Waals surface area contributed by atoms with Crippen molar-refractivity contribution in [3.05, 3.63) is 46.5 Å². The van der Waals surface area contributed by atoms with Gasteiger partial charge < -0.3 is 0 Å². The second kappa shape index (κ2) is 5.24. The van der Waals surface area contributed by atoms with Crippen molar-refractivity contribution in [2.75, 3.05) is 0 Å². The summed E-state index contributed by atoms with van der Waals surface area (Å²) < 4.78 is 2.69. The van der Waals surface area contributed by atoms with Gasteiger partial charge in [0.15, 0.2) is 23.1 Å². The highest BCUT2D eigenvalue weighted by molar-refractivity contribution is 14.1. The first-order valence-corrected chi connectivity index (χ1v) is 8.18. The van der Waals surface area contributed by atoms with Crippen molar-refractivity contribution in [2.45, 2.75) is 12.1 Å². The zero-order chi connectivity index (χ0) is 17.2. The smallest absolute Gasteiger partial charge is 0.189 e. The van der Waals surface area contributed by atoms with E-state index in [0.29, 0.717) is 21.9 Å². The van der Waals surface area contributed by atoms with Crippen LogP contribution in [-0.4, -0.2) is 35.2 Å². The van der Waals surface area contributed by atoms with Crippen LogP contribution in [0, 0.1) is 0 Å². The first kappa shape index (κ1) is 15.5. The summed E-state index contributed by atoms with van der Waals surface area (Å²) in [4.78, 5) is 50.2. The number of hydrogen-bond acceptors (Lipinski definition) is 7. The van der Waals surface area contributed by atoms with E-state index in [-0.39, 0.29) is 22.7 Å². The van der Waals surface area contributed by atoms with Crippen LogP contribution in [0.25, 0.3) is 10.8 Å². The van der Waals surface area contributed by atoms with Crippen LogP contribution in [0.1, 0.15) is 41.4 Å². The number of ketones is 4. The number of carbonyl (C=O) groups excluding carboxylic acids is 4. The predicted molar refractivity (Wildman–Crippen MR) is 93.3 cm³/mol. The molecule has 2 aromatic carbocycles. The molecule has 0 bridgehead atoms. The summed E-state index contributed by atoms with van der Waals surface area (Å²) in [6.07, 6.45) is 0. The minimum Gasteiger partial charge on any atom is -0.292 e. The summed E-state index contributed by atoms with van der Waals surface area (Å²) in [7, 11) is 0. The Morgan fingerprint density at radius 1 is 0.708 bits per heavy atom. The Morgan fingerprint density at radius 3 is 1.33 bits per heavy atom. The van der Waals surface area contributed by atoms with Gasteiger partial charge in [0.25, 0.3) is 0 Å². The predicted octanol–water partition coefficient (Wildman–Crippen LogP) is 0.738. The van der Waals surface area contributed by atoms with E-state index >= 15 is 0 Å². The summed E-state index contributed by atoms with van der Waals surface area (Å²) in [5.41, 5.74) is 3.47. The van der Waals surface area contributed by atoms with Gasteiger partial charge in [0.05, 0.1) is 0 Å². The van der Waals surface area contributed by atoms with Crippen LogP contribution >= 0.6 is 22.9 Å². The summed E-state index contributed by atoms with van der Waals surface area (Å²) in [5, 5.41) is 0.736. The minimum absolute atomic E-state index is 0.287. The second-order valence-corrected chi connectivity index (χ2v) is 6.29. The first-order valence-electron chi connectivity index (χ1n) is 7.10. The van der Waals surface area contributed by atoms with Crippen LogP contribution in [0.5, 0.6) is 0 Å². The van der Waals surface area contributed by atoms with Crippen LogP contribution in [0.15, 0.2) is 24.3 Å². The van der Waals surface area contributed by atoms with Crippen molar-refractivity contribution in [1.29, 1.82) is 0 Å². The molecule has 0 amide bonds. The number of nitrogens with one attached hydrogen (secondary N) is 2. The Bertz CT molecular complexity index is 836. The van der Waals surface area contributed by atoms with E-state index in [4.69, 9.17) is 5.84 Å². The summed E-state index contributed by atoms with van der Waals surface area (Å²) in [5.74, 6) is 3.67. The lowest BCUT2D eigenvalue weighted by atomic mass is 9.76. The molecular formula is C16H10IN3O4. The highest BCUT2D eigenvalue weighted by Crippen LogP contribution is 2.37. The van der Waals surface area contributed by atoms with Crippen LogP contribution in [-0.2, 0) is 0 Å². The van der Waals surface area contributed by atoms with E-state index in [1.807, 2.05) is 0 Å². The van der Waals surface area contributed by atoms with Crippen LogP contribution < -0.4 is 14.8 Å². The van der Waals surface area contributed by atoms with Crippen molar-refractivity contribution >= 4 is 56.8 Å². The maximum absolute atomic E-state index is 12.6. The molecule has 0 atom stereocenters. The zero-order valence-electron chi connectivity index (χ0n) is 12.1. The number of hydrazine groups is 1. The van der Waals surface area contributed by atoms with Crippen LogP contribution in [0.2, 0.25) is 0 Å². The van der Waals surface area contributed by atoms with Crippen molar-refractivity contribution in [2.24, 2.45) is 5.84 Å².